The Hall–Kier alpha value is -4.32. The first-order valence-electron chi connectivity index (χ1n) is 12.8. The third kappa shape index (κ3) is 6.47. The van der Waals surface area contributed by atoms with Crippen LogP contribution in [-0.4, -0.2) is 35.2 Å². The Morgan fingerprint density at radius 2 is 1.57 bits per heavy atom. The average molecular weight is 494 g/mol. The lowest BCUT2D eigenvalue weighted by atomic mass is 10.1. The van der Waals surface area contributed by atoms with Gasteiger partial charge in [0.2, 0.25) is 0 Å². The van der Waals surface area contributed by atoms with Crippen LogP contribution in [0.1, 0.15) is 18.7 Å². The van der Waals surface area contributed by atoms with Crippen LogP contribution in [0.15, 0.2) is 97.1 Å². The number of para-hydroxylation sites is 3. The van der Waals surface area contributed by atoms with Crippen LogP contribution < -0.4 is 14.8 Å². The van der Waals surface area contributed by atoms with Crippen molar-refractivity contribution >= 4 is 27.7 Å². The molecular formula is C31H31N3O3. The number of amides is 1. The van der Waals surface area contributed by atoms with Crippen molar-refractivity contribution < 1.29 is 14.3 Å². The van der Waals surface area contributed by atoms with Gasteiger partial charge in [-0.25, -0.2) is 4.98 Å². The van der Waals surface area contributed by atoms with Crippen molar-refractivity contribution in [1.29, 1.82) is 0 Å². The monoisotopic (exact) mass is 493 g/mol. The zero-order chi connectivity index (χ0) is 25.3. The average Bonchev–Trinajstić information content (AvgIpc) is 3.30. The highest BCUT2D eigenvalue weighted by Gasteiger charge is 2.11. The van der Waals surface area contributed by atoms with Crippen LogP contribution in [0.4, 0.5) is 0 Å². The van der Waals surface area contributed by atoms with E-state index in [2.05, 4.69) is 40.2 Å². The van der Waals surface area contributed by atoms with E-state index in [1.54, 1.807) is 0 Å². The number of rotatable bonds is 12. The van der Waals surface area contributed by atoms with E-state index in [0.717, 1.165) is 48.4 Å². The minimum absolute atomic E-state index is 0.0136. The molecule has 1 amide bonds. The lowest BCUT2D eigenvalue weighted by Gasteiger charge is -2.11. The van der Waals surface area contributed by atoms with Crippen LogP contribution in [0, 0.1) is 0 Å². The number of carbonyl (C=O) groups excluding carboxylic acids is 1. The Kier molecular flexibility index (Phi) is 7.96. The largest absolute Gasteiger partial charge is 0.494 e. The zero-order valence-corrected chi connectivity index (χ0v) is 20.8. The summed E-state index contributed by atoms with van der Waals surface area (Å²) >= 11 is 0. The normalized spacial score (nSPS) is 11.0. The molecule has 37 heavy (non-hydrogen) atoms. The summed E-state index contributed by atoms with van der Waals surface area (Å²) in [7, 11) is 0. The Bertz CT molecular complexity index is 1460. The summed E-state index contributed by atoms with van der Waals surface area (Å²) in [5, 5.41) is 5.33. The van der Waals surface area contributed by atoms with Gasteiger partial charge in [0.05, 0.1) is 17.6 Å². The highest BCUT2D eigenvalue weighted by Crippen LogP contribution is 2.21. The van der Waals surface area contributed by atoms with Crippen LogP contribution in [-0.2, 0) is 17.8 Å². The third-order valence-electron chi connectivity index (χ3n) is 6.26. The predicted octanol–water partition coefficient (Wildman–Crippen LogP) is 5.79. The first kappa shape index (κ1) is 24.4. The van der Waals surface area contributed by atoms with Gasteiger partial charge in [0, 0.05) is 19.5 Å². The maximum Gasteiger partial charge on any atom is 0.257 e. The standard InChI is InChI=1S/C31H31N3O3/c35-31(23-37-26-12-2-1-3-13-26)32-19-8-16-30-33-28-14-6-7-15-29(28)34(30)20-9-21-36-27-18-17-24-10-4-5-11-25(24)22-27/h1-7,10-15,17-18,22H,8-9,16,19-21,23H2,(H,32,35). The Labute approximate surface area is 216 Å². The van der Waals surface area contributed by atoms with Gasteiger partial charge in [0.1, 0.15) is 17.3 Å². The summed E-state index contributed by atoms with van der Waals surface area (Å²) in [6.07, 6.45) is 2.45. The van der Waals surface area contributed by atoms with Crippen molar-refractivity contribution in [3.63, 3.8) is 0 Å². The van der Waals surface area contributed by atoms with Gasteiger partial charge in [-0.05, 0) is 60.0 Å². The molecule has 0 aliphatic carbocycles. The minimum Gasteiger partial charge on any atom is -0.494 e. The SMILES string of the molecule is O=C(COc1ccccc1)NCCCc1nc2ccccc2n1CCCOc1ccc2ccccc2c1. The molecule has 0 spiro atoms. The molecule has 6 nitrogen and oxygen atoms in total. The van der Waals surface area contributed by atoms with Gasteiger partial charge in [-0.3, -0.25) is 4.79 Å². The van der Waals surface area contributed by atoms with E-state index in [4.69, 9.17) is 14.5 Å². The van der Waals surface area contributed by atoms with Crippen LogP contribution in [0.3, 0.4) is 0 Å². The maximum absolute atomic E-state index is 12.1. The smallest absolute Gasteiger partial charge is 0.257 e. The van der Waals surface area contributed by atoms with Crippen LogP contribution in [0.5, 0.6) is 11.5 Å². The third-order valence-corrected chi connectivity index (χ3v) is 6.26. The van der Waals surface area contributed by atoms with E-state index >= 15 is 0 Å². The highest BCUT2D eigenvalue weighted by atomic mass is 16.5. The summed E-state index contributed by atoms with van der Waals surface area (Å²) < 4.78 is 13.8. The quantitative estimate of drug-likeness (QED) is 0.224. The van der Waals surface area contributed by atoms with E-state index in [0.29, 0.717) is 18.9 Å². The number of aromatic nitrogens is 2. The van der Waals surface area contributed by atoms with Crippen molar-refractivity contribution in [2.45, 2.75) is 25.8 Å². The first-order valence-corrected chi connectivity index (χ1v) is 12.8. The fourth-order valence-corrected chi connectivity index (χ4v) is 4.43. The Balaban J connectivity index is 1.12. The molecule has 0 saturated heterocycles. The van der Waals surface area contributed by atoms with Crippen molar-refractivity contribution in [3.8, 4) is 11.5 Å². The summed E-state index contributed by atoms with van der Waals surface area (Å²) in [4.78, 5) is 17.0. The molecule has 1 N–H and O–H groups in total. The molecule has 0 aliphatic rings. The number of fused-ring (bicyclic) bond motifs is 2. The number of nitrogens with zero attached hydrogens (tertiary/aromatic N) is 2. The molecule has 0 unspecified atom stereocenters. The van der Waals surface area contributed by atoms with Crippen LogP contribution >= 0.6 is 0 Å². The molecule has 0 bridgehead atoms. The predicted molar refractivity (Wildman–Crippen MR) is 147 cm³/mol. The van der Waals surface area contributed by atoms with Gasteiger partial charge in [0.15, 0.2) is 6.61 Å². The minimum atomic E-state index is -0.122. The molecule has 5 rings (SSSR count). The summed E-state index contributed by atoms with van der Waals surface area (Å²) in [6.45, 7) is 2.04. The number of benzene rings is 4. The van der Waals surface area contributed by atoms with Gasteiger partial charge in [-0.2, -0.15) is 0 Å². The van der Waals surface area contributed by atoms with E-state index in [1.165, 1.54) is 10.8 Å². The number of nitrogens with one attached hydrogen (secondary N) is 1. The number of ether oxygens (including phenoxy) is 2. The second-order valence-corrected chi connectivity index (χ2v) is 8.93. The summed E-state index contributed by atoms with van der Waals surface area (Å²) in [5.41, 5.74) is 2.12. The molecule has 1 aromatic heterocycles. The van der Waals surface area contributed by atoms with Crippen molar-refractivity contribution in [2.75, 3.05) is 19.8 Å². The van der Waals surface area contributed by atoms with E-state index in [1.807, 2.05) is 66.7 Å². The van der Waals surface area contributed by atoms with E-state index < -0.39 is 0 Å². The zero-order valence-electron chi connectivity index (χ0n) is 20.8. The number of imidazole rings is 1. The van der Waals surface area contributed by atoms with Crippen molar-refractivity contribution in [2.24, 2.45) is 0 Å². The number of hydrogen-bond donors (Lipinski definition) is 1. The first-order chi connectivity index (χ1) is 18.3. The molecule has 0 saturated carbocycles. The summed E-state index contributed by atoms with van der Waals surface area (Å²) in [5.74, 6) is 2.49. The van der Waals surface area contributed by atoms with Crippen molar-refractivity contribution in [3.05, 3.63) is 103 Å². The van der Waals surface area contributed by atoms with Gasteiger partial charge in [-0.15, -0.1) is 0 Å². The molecule has 1 heterocycles. The van der Waals surface area contributed by atoms with E-state index in [-0.39, 0.29) is 12.5 Å². The van der Waals surface area contributed by atoms with Crippen LogP contribution in [0.25, 0.3) is 21.8 Å². The molecule has 0 fully saturated rings. The molecule has 188 valence electrons. The molecule has 0 atom stereocenters. The number of carbonyl (C=O) groups is 1. The molecule has 5 aromatic rings. The molecule has 6 heteroatoms. The Morgan fingerprint density at radius 1 is 0.784 bits per heavy atom. The maximum atomic E-state index is 12.1. The second kappa shape index (κ2) is 12.1. The number of hydrogen-bond acceptors (Lipinski definition) is 4. The second-order valence-electron chi connectivity index (χ2n) is 8.93. The highest BCUT2D eigenvalue weighted by molar-refractivity contribution is 5.83. The van der Waals surface area contributed by atoms with Gasteiger partial charge in [0.25, 0.3) is 5.91 Å². The molecule has 0 aliphatic heterocycles. The lowest BCUT2D eigenvalue weighted by Crippen LogP contribution is -2.30. The molecule has 0 radical (unpaired) electrons. The Morgan fingerprint density at radius 3 is 2.46 bits per heavy atom. The van der Waals surface area contributed by atoms with Crippen LogP contribution in [0.2, 0.25) is 0 Å². The van der Waals surface area contributed by atoms with Gasteiger partial charge < -0.3 is 19.4 Å². The number of aryl methyl sites for hydroxylation is 2. The van der Waals surface area contributed by atoms with Gasteiger partial charge >= 0.3 is 0 Å². The summed E-state index contributed by atoms with van der Waals surface area (Å²) in [6, 6.07) is 32.1. The fourth-order valence-electron chi connectivity index (χ4n) is 4.43. The topological polar surface area (TPSA) is 65.4 Å². The van der Waals surface area contributed by atoms with Gasteiger partial charge in [-0.1, -0.05) is 60.7 Å². The van der Waals surface area contributed by atoms with Crippen molar-refractivity contribution in [1.82, 2.24) is 14.9 Å². The molecule has 4 aromatic carbocycles. The molecular weight excluding hydrogens is 462 g/mol. The fraction of sp³-hybridized carbons (Fsp3) is 0.226. The lowest BCUT2D eigenvalue weighted by molar-refractivity contribution is -0.123. The van der Waals surface area contributed by atoms with E-state index in [9.17, 15) is 4.79 Å².